The summed E-state index contributed by atoms with van der Waals surface area (Å²) in [6.45, 7) is -0.0521. The lowest BCUT2D eigenvalue weighted by molar-refractivity contribution is -0.126. The molecule has 0 radical (unpaired) electrons. The van der Waals surface area contributed by atoms with Crippen LogP contribution in [-0.4, -0.2) is 38.1 Å². The molecule has 0 aliphatic heterocycles. The van der Waals surface area contributed by atoms with Crippen molar-refractivity contribution in [2.75, 3.05) is 25.6 Å². The van der Waals surface area contributed by atoms with Gasteiger partial charge in [-0.15, -0.1) is 0 Å². The Labute approximate surface area is 116 Å². The van der Waals surface area contributed by atoms with Gasteiger partial charge in [-0.05, 0) is 24.3 Å². The number of ether oxygens (including phenoxy) is 1. The molecule has 1 unspecified atom stereocenters. The van der Waals surface area contributed by atoms with E-state index in [0.717, 1.165) is 0 Å². The van der Waals surface area contributed by atoms with Crippen LogP contribution in [0, 0.1) is 0 Å². The lowest BCUT2D eigenvalue weighted by Crippen LogP contribution is -2.45. The number of carbonyl (C=O) groups is 2. The fourth-order valence-corrected chi connectivity index (χ4v) is 1.42. The van der Waals surface area contributed by atoms with Crippen LogP contribution in [-0.2, 0) is 14.3 Å². The smallest absolute Gasteiger partial charge is 0.243 e. The maximum absolute atomic E-state index is 11.6. The average molecular weight is 286 g/mol. The van der Waals surface area contributed by atoms with Gasteiger partial charge in [0.1, 0.15) is 6.04 Å². The van der Waals surface area contributed by atoms with Crippen LogP contribution < -0.4 is 16.4 Å². The lowest BCUT2D eigenvalue weighted by Gasteiger charge is -2.11. The highest BCUT2D eigenvalue weighted by atomic mass is 35.5. The summed E-state index contributed by atoms with van der Waals surface area (Å²) in [7, 11) is 1.44. The van der Waals surface area contributed by atoms with Crippen LogP contribution in [0.25, 0.3) is 0 Å². The van der Waals surface area contributed by atoms with Crippen molar-refractivity contribution in [2.45, 2.75) is 6.04 Å². The molecule has 19 heavy (non-hydrogen) atoms. The summed E-state index contributed by atoms with van der Waals surface area (Å²) < 4.78 is 4.74. The predicted molar refractivity (Wildman–Crippen MR) is 72.9 cm³/mol. The Hall–Kier alpha value is -1.63. The van der Waals surface area contributed by atoms with E-state index in [2.05, 4.69) is 10.6 Å². The van der Waals surface area contributed by atoms with Crippen molar-refractivity contribution in [3.05, 3.63) is 29.3 Å². The van der Waals surface area contributed by atoms with E-state index in [1.165, 1.54) is 7.11 Å². The number of benzene rings is 1. The summed E-state index contributed by atoms with van der Waals surface area (Å²) in [6.07, 6.45) is 0. The summed E-state index contributed by atoms with van der Waals surface area (Å²) >= 11 is 5.72. The van der Waals surface area contributed by atoms with Crippen LogP contribution in [0.15, 0.2) is 24.3 Å². The van der Waals surface area contributed by atoms with E-state index >= 15 is 0 Å². The molecule has 1 atom stereocenters. The Morgan fingerprint density at radius 2 is 2.00 bits per heavy atom. The molecule has 0 aliphatic carbocycles. The first-order valence-electron chi connectivity index (χ1n) is 5.60. The molecule has 0 saturated carbocycles. The Kier molecular flexibility index (Phi) is 6.27. The number of nitrogens with two attached hydrogens (primary N) is 1. The summed E-state index contributed by atoms with van der Waals surface area (Å²) in [6, 6.07) is 5.86. The number of anilines is 1. The second-order valence-corrected chi connectivity index (χ2v) is 4.27. The van der Waals surface area contributed by atoms with E-state index in [1.807, 2.05) is 0 Å². The van der Waals surface area contributed by atoms with Gasteiger partial charge < -0.3 is 21.1 Å². The Morgan fingerprint density at radius 3 is 2.58 bits per heavy atom. The Balaban J connectivity index is 2.35. The van der Waals surface area contributed by atoms with Crippen molar-refractivity contribution >= 4 is 29.1 Å². The number of hydrogen-bond donors (Lipinski definition) is 3. The van der Waals surface area contributed by atoms with Crippen LogP contribution in [0.4, 0.5) is 5.69 Å². The number of rotatable bonds is 6. The third-order valence-corrected chi connectivity index (χ3v) is 2.49. The SMILES string of the molecule is COCC(N)C(=O)NCC(=O)Nc1ccc(Cl)cc1. The number of carbonyl (C=O) groups excluding carboxylic acids is 2. The second kappa shape index (κ2) is 7.73. The van der Waals surface area contributed by atoms with Crippen LogP contribution in [0.2, 0.25) is 5.02 Å². The van der Waals surface area contributed by atoms with Gasteiger partial charge in [-0.2, -0.15) is 0 Å². The first-order chi connectivity index (χ1) is 9.02. The molecule has 2 amide bonds. The maximum atomic E-state index is 11.6. The molecule has 1 aromatic carbocycles. The summed E-state index contributed by atoms with van der Waals surface area (Å²) in [5.41, 5.74) is 6.10. The number of hydrogen-bond acceptors (Lipinski definition) is 4. The third-order valence-electron chi connectivity index (χ3n) is 2.23. The molecular weight excluding hydrogens is 270 g/mol. The first kappa shape index (κ1) is 15.4. The minimum Gasteiger partial charge on any atom is -0.383 e. The van der Waals surface area contributed by atoms with Crippen LogP contribution >= 0.6 is 11.6 Å². The monoisotopic (exact) mass is 285 g/mol. The molecule has 7 heteroatoms. The van der Waals surface area contributed by atoms with Gasteiger partial charge in [0, 0.05) is 17.8 Å². The van der Waals surface area contributed by atoms with Gasteiger partial charge in [-0.3, -0.25) is 9.59 Å². The number of halogens is 1. The van der Waals surface area contributed by atoms with E-state index in [1.54, 1.807) is 24.3 Å². The number of amides is 2. The summed E-state index contributed by atoms with van der Waals surface area (Å²) in [5.74, 6) is -0.784. The zero-order valence-electron chi connectivity index (χ0n) is 10.5. The molecule has 0 spiro atoms. The molecule has 0 aliphatic rings. The maximum Gasteiger partial charge on any atom is 0.243 e. The van der Waals surface area contributed by atoms with Crippen LogP contribution in [0.5, 0.6) is 0 Å². The van der Waals surface area contributed by atoms with E-state index in [-0.39, 0.29) is 19.1 Å². The largest absolute Gasteiger partial charge is 0.383 e. The van der Waals surface area contributed by atoms with Gasteiger partial charge in [0.2, 0.25) is 11.8 Å². The standard InChI is InChI=1S/C12H16ClN3O3/c1-19-7-10(14)12(18)15-6-11(17)16-9-4-2-8(13)3-5-9/h2-5,10H,6-7,14H2,1H3,(H,15,18)(H,16,17). The molecule has 0 fully saturated rings. The van der Waals surface area contributed by atoms with Gasteiger partial charge in [0.05, 0.1) is 13.2 Å². The van der Waals surface area contributed by atoms with Gasteiger partial charge in [0.15, 0.2) is 0 Å². The van der Waals surface area contributed by atoms with Gasteiger partial charge in [-0.25, -0.2) is 0 Å². The molecule has 6 nitrogen and oxygen atoms in total. The highest BCUT2D eigenvalue weighted by molar-refractivity contribution is 6.30. The summed E-state index contributed by atoms with van der Waals surface area (Å²) in [5, 5.41) is 5.61. The number of nitrogens with one attached hydrogen (secondary N) is 2. The predicted octanol–water partition coefficient (Wildman–Crippen LogP) is 0.368. The van der Waals surface area contributed by atoms with Crippen molar-refractivity contribution in [1.29, 1.82) is 0 Å². The van der Waals surface area contributed by atoms with Gasteiger partial charge >= 0.3 is 0 Å². The van der Waals surface area contributed by atoms with E-state index in [0.29, 0.717) is 10.7 Å². The molecule has 0 aromatic heterocycles. The van der Waals surface area contributed by atoms with Gasteiger partial charge in [0.25, 0.3) is 0 Å². The molecule has 1 rings (SSSR count). The van der Waals surface area contributed by atoms with Crippen molar-refractivity contribution in [1.82, 2.24) is 5.32 Å². The van der Waals surface area contributed by atoms with E-state index in [4.69, 9.17) is 22.1 Å². The van der Waals surface area contributed by atoms with Crippen molar-refractivity contribution in [3.63, 3.8) is 0 Å². The van der Waals surface area contributed by atoms with E-state index in [9.17, 15) is 9.59 Å². The quantitative estimate of drug-likeness (QED) is 0.704. The topological polar surface area (TPSA) is 93.4 Å². The Bertz CT molecular complexity index is 436. The first-order valence-corrected chi connectivity index (χ1v) is 5.98. The van der Waals surface area contributed by atoms with Crippen molar-refractivity contribution < 1.29 is 14.3 Å². The molecule has 1 aromatic rings. The van der Waals surface area contributed by atoms with E-state index < -0.39 is 11.9 Å². The zero-order chi connectivity index (χ0) is 14.3. The summed E-state index contributed by atoms with van der Waals surface area (Å²) in [4.78, 5) is 23.0. The molecule has 104 valence electrons. The van der Waals surface area contributed by atoms with Crippen LogP contribution in [0.1, 0.15) is 0 Å². The second-order valence-electron chi connectivity index (χ2n) is 3.83. The highest BCUT2D eigenvalue weighted by Crippen LogP contribution is 2.12. The zero-order valence-corrected chi connectivity index (χ0v) is 11.2. The molecule has 0 bridgehead atoms. The fourth-order valence-electron chi connectivity index (χ4n) is 1.29. The van der Waals surface area contributed by atoms with Crippen LogP contribution in [0.3, 0.4) is 0 Å². The minimum atomic E-state index is -0.784. The molecule has 4 N–H and O–H groups in total. The van der Waals surface area contributed by atoms with Crippen molar-refractivity contribution in [2.24, 2.45) is 5.73 Å². The third kappa shape index (κ3) is 5.69. The number of methoxy groups -OCH3 is 1. The molecular formula is C12H16ClN3O3. The highest BCUT2D eigenvalue weighted by Gasteiger charge is 2.13. The molecule has 0 saturated heterocycles. The molecule has 0 heterocycles. The normalized spacial score (nSPS) is 11.7. The fraction of sp³-hybridized carbons (Fsp3) is 0.333. The Morgan fingerprint density at radius 1 is 1.37 bits per heavy atom. The van der Waals surface area contributed by atoms with Gasteiger partial charge in [-0.1, -0.05) is 11.6 Å². The van der Waals surface area contributed by atoms with Crippen molar-refractivity contribution in [3.8, 4) is 0 Å². The average Bonchev–Trinajstić information content (AvgIpc) is 2.39. The minimum absolute atomic E-state index is 0.102. The lowest BCUT2D eigenvalue weighted by atomic mass is 10.3.